The second kappa shape index (κ2) is 9.13. The van der Waals surface area contributed by atoms with E-state index in [2.05, 4.69) is 5.32 Å². The molecule has 2 rings (SSSR count). The minimum atomic E-state index is -3.05. The lowest BCUT2D eigenvalue weighted by Crippen LogP contribution is -2.35. The largest absolute Gasteiger partial charge is 0.491 e. The molecule has 2 N–H and O–H groups in total. The summed E-state index contributed by atoms with van der Waals surface area (Å²) in [6.45, 7) is -10.5. The molecule has 1 atom stereocenters. The fourth-order valence-electron chi connectivity index (χ4n) is 1.46. The van der Waals surface area contributed by atoms with Crippen molar-refractivity contribution < 1.29 is 35.1 Å². The van der Waals surface area contributed by atoms with Crippen LogP contribution in [0.5, 0.6) is 5.75 Å². The van der Waals surface area contributed by atoms with Crippen molar-refractivity contribution in [2.75, 3.05) is 26.3 Å². The number of aliphatic hydroxyl groups excluding tert-OH is 1. The highest BCUT2D eigenvalue weighted by Gasteiger charge is 2.20. The van der Waals surface area contributed by atoms with E-state index in [0.29, 0.717) is 0 Å². The second-order valence-electron chi connectivity index (χ2n) is 4.57. The molecule has 4 heteroatoms. The zero-order valence-corrected chi connectivity index (χ0v) is 11.8. The zero-order chi connectivity index (χ0) is 28.9. The number of benzene rings is 1. The summed E-state index contributed by atoms with van der Waals surface area (Å²) < 4.78 is 125. The normalized spacial score (nSPS) is 34.5. The molecule has 0 saturated heterocycles. The number of rotatable bonds is 11. The Labute approximate surface area is 154 Å². The molecule has 0 amide bonds. The number of aliphatic hydroxyl groups is 1. The Morgan fingerprint density at radius 3 is 2.91 bits per heavy atom. The summed E-state index contributed by atoms with van der Waals surface area (Å²) in [5, 5.41) is 12.3. The van der Waals surface area contributed by atoms with Crippen LogP contribution in [-0.4, -0.2) is 43.6 Å². The Bertz CT molecular complexity index is 902. The van der Waals surface area contributed by atoms with E-state index in [0.717, 1.165) is 0 Å². The van der Waals surface area contributed by atoms with E-state index in [-0.39, 0.29) is 17.9 Å². The first-order valence-corrected chi connectivity index (χ1v) is 6.70. The van der Waals surface area contributed by atoms with Gasteiger partial charge in [-0.3, -0.25) is 0 Å². The first-order chi connectivity index (χ1) is 16.4. The van der Waals surface area contributed by atoms with Crippen LogP contribution in [0.4, 0.5) is 0 Å². The summed E-state index contributed by atoms with van der Waals surface area (Å²) in [5.74, 6) is -2.25. The summed E-state index contributed by atoms with van der Waals surface area (Å²) in [4.78, 5) is 0. The zero-order valence-electron chi connectivity index (χ0n) is 26.8. The van der Waals surface area contributed by atoms with E-state index in [1.165, 1.54) is 24.3 Å². The van der Waals surface area contributed by atoms with Gasteiger partial charge in [-0.05, 0) is 42.7 Å². The third kappa shape index (κ3) is 7.25. The summed E-state index contributed by atoms with van der Waals surface area (Å²) >= 11 is 0. The van der Waals surface area contributed by atoms with Crippen molar-refractivity contribution in [1.29, 1.82) is 0 Å². The van der Waals surface area contributed by atoms with Gasteiger partial charge in [0.2, 0.25) is 0 Å². The van der Waals surface area contributed by atoms with E-state index < -0.39 is 70.6 Å². The lowest BCUT2D eigenvalue weighted by Gasteiger charge is -2.15. The number of hydrogen-bond donors (Lipinski definition) is 2. The molecule has 0 radical (unpaired) electrons. The van der Waals surface area contributed by atoms with Gasteiger partial charge in [0, 0.05) is 37.0 Å². The highest BCUT2D eigenvalue weighted by atomic mass is 16.5. The maximum atomic E-state index is 10.0. The minimum Gasteiger partial charge on any atom is -0.491 e. The van der Waals surface area contributed by atoms with Crippen LogP contribution in [0.3, 0.4) is 0 Å². The monoisotopic (exact) mass is 322 g/mol. The van der Waals surface area contributed by atoms with Crippen molar-refractivity contribution in [3.63, 3.8) is 0 Å². The first-order valence-electron chi connectivity index (χ1n) is 14.2. The van der Waals surface area contributed by atoms with Crippen molar-refractivity contribution in [2.45, 2.75) is 45.0 Å². The van der Waals surface area contributed by atoms with Gasteiger partial charge >= 0.3 is 0 Å². The van der Waals surface area contributed by atoms with Crippen molar-refractivity contribution in [2.24, 2.45) is 5.89 Å². The van der Waals surface area contributed by atoms with Gasteiger partial charge in [0.05, 0.1) is 9.30 Å². The van der Waals surface area contributed by atoms with Gasteiger partial charge in [0.25, 0.3) is 0 Å². The molecule has 1 saturated carbocycles. The second-order valence-corrected chi connectivity index (χ2v) is 4.57. The Morgan fingerprint density at radius 1 is 1.45 bits per heavy atom. The molecule has 0 aromatic heterocycles. The highest BCUT2D eigenvalue weighted by molar-refractivity contribution is 5.27. The lowest BCUT2D eigenvalue weighted by molar-refractivity contribution is 0.104. The Kier molecular flexibility index (Phi) is 2.52. The summed E-state index contributed by atoms with van der Waals surface area (Å²) in [6.07, 6.45) is -9.24. The molecule has 4 nitrogen and oxygen atoms in total. The Hall–Kier alpha value is -1.10. The van der Waals surface area contributed by atoms with Gasteiger partial charge in [0.15, 0.2) is 0 Å². The quantitative estimate of drug-likeness (QED) is 0.657. The van der Waals surface area contributed by atoms with Crippen LogP contribution in [-0.2, 0) is 11.1 Å². The molecule has 1 unspecified atom stereocenters. The highest BCUT2D eigenvalue weighted by Crippen LogP contribution is 2.28. The average molecular weight is 323 g/mol. The molecule has 1 fully saturated rings. The Morgan fingerprint density at radius 2 is 2.23 bits per heavy atom. The van der Waals surface area contributed by atoms with Gasteiger partial charge in [-0.15, -0.1) is 0 Å². The van der Waals surface area contributed by atoms with E-state index in [4.69, 9.17) is 30.0 Å². The number of nitrogens with one attached hydrogen (secondary N) is 1. The average Bonchev–Trinajstić information content (AvgIpc) is 3.05. The van der Waals surface area contributed by atoms with Crippen LogP contribution in [0.25, 0.3) is 0 Å². The number of aryl methyl sites for hydroxylation is 1. The Balaban J connectivity index is 1.96. The fraction of sp³-hybridized carbons (Fsp3) is 0.667. The van der Waals surface area contributed by atoms with Crippen LogP contribution in [0.1, 0.15) is 52.6 Å². The fourth-order valence-corrected chi connectivity index (χ4v) is 1.46. The van der Waals surface area contributed by atoms with Gasteiger partial charge in [-0.25, -0.2) is 0 Å². The molecular weight excluding hydrogens is 278 g/mol. The molecule has 1 aromatic carbocycles. The molecule has 124 valence electrons. The lowest BCUT2D eigenvalue weighted by atomic mass is 10.1. The van der Waals surface area contributed by atoms with Crippen LogP contribution in [0.2, 0.25) is 0 Å². The standard InChI is InChI=1S/C18H29NO3/c1-14(2)19-11-17(20)13-22-18-7-5-15(6-8-18)9-10-21-12-16-3-4-16/h5-8,14,16-17,19-20H,3-4,9-13H2,1-2H3/i1D3,2D3,3D2,4D2,9D2,10D2,16D. The van der Waals surface area contributed by atoms with Gasteiger partial charge in [-0.2, -0.15) is 0 Å². The van der Waals surface area contributed by atoms with Crippen LogP contribution >= 0.6 is 0 Å². The van der Waals surface area contributed by atoms with Crippen molar-refractivity contribution >= 4 is 0 Å². The van der Waals surface area contributed by atoms with Gasteiger partial charge < -0.3 is 19.9 Å². The van der Waals surface area contributed by atoms with E-state index in [9.17, 15) is 5.11 Å². The minimum absolute atomic E-state index is 0.132. The van der Waals surface area contributed by atoms with Crippen molar-refractivity contribution in [3.05, 3.63) is 29.8 Å². The number of ether oxygens (including phenoxy) is 2. The maximum absolute atomic E-state index is 10.0. The maximum Gasteiger partial charge on any atom is 0.119 e. The van der Waals surface area contributed by atoms with Gasteiger partial charge in [0.1, 0.15) is 18.5 Å². The van der Waals surface area contributed by atoms with E-state index >= 15 is 0 Å². The molecule has 1 aliphatic rings. The molecule has 22 heavy (non-hydrogen) atoms. The predicted octanol–water partition coefficient (Wildman–Crippen LogP) is 2.39. The molecule has 0 spiro atoms. The van der Waals surface area contributed by atoms with Crippen molar-refractivity contribution in [1.82, 2.24) is 5.32 Å². The van der Waals surface area contributed by atoms with E-state index in [1.807, 2.05) is 0 Å². The molecule has 0 bridgehead atoms. The van der Waals surface area contributed by atoms with Crippen LogP contribution < -0.4 is 10.1 Å². The van der Waals surface area contributed by atoms with Crippen LogP contribution in [0.15, 0.2) is 24.3 Å². The topological polar surface area (TPSA) is 50.7 Å². The molecule has 1 aliphatic carbocycles. The van der Waals surface area contributed by atoms with Crippen molar-refractivity contribution in [3.8, 4) is 5.75 Å². The molecule has 0 heterocycles. The smallest absolute Gasteiger partial charge is 0.119 e. The SMILES string of the molecule is [2H]C([2H])([2H])C(NCC(O)COc1ccc(C([2H])([2H])C([2H])([2H])OCC2([2H])C([2H])([2H])C2([2H])[2H])cc1)C([2H])([2H])[2H]. The molecule has 0 aliphatic heterocycles. The summed E-state index contributed by atoms with van der Waals surface area (Å²) in [7, 11) is 0. The third-order valence-electron chi connectivity index (χ3n) is 2.64. The number of hydrogen-bond acceptors (Lipinski definition) is 4. The first kappa shape index (κ1) is 6.08. The molecular formula is C18H29NO3. The summed E-state index contributed by atoms with van der Waals surface area (Å²) in [5.41, 5.74) is -0.203. The third-order valence-corrected chi connectivity index (χ3v) is 2.64. The van der Waals surface area contributed by atoms with Gasteiger partial charge in [-0.1, -0.05) is 25.8 Å². The molecule has 1 aromatic rings. The van der Waals surface area contributed by atoms with E-state index in [1.54, 1.807) is 0 Å². The van der Waals surface area contributed by atoms with Crippen LogP contribution in [0, 0.1) is 5.89 Å². The summed E-state index contributed by atoms with van der Waals surface area (Å²) in [6, 6.07) is 3.03. The predicted molar refractivity (Wildman–Crippen MR) is 88.3 cm³/mol.